The molecule has 6 nitrogen and oxygen atoms in total. The van der Waals surface area contributed by atoms with Gasteiger partial charge in [0.25, 0.3) is 0 Å². The average molecular weight is 398 g/mol. The van der Waals surface area contributed by atoms with Crippen molar-refractivity contribution in [3.8, 4) is 11.3 Å². The maximum absolute atomic E-state index is 11.8. The number of ether oxygens (including phenoxy) is 1. The van der Waals surface area contributed by atoms with E-state index in [1.54, 1.807) is 12.1 Å². The number of benzene rings is 1. The van der Waals surface area contributed by atoms with Crippen LogP contribution in [0.1, 0.15) is 54.0 Å². The van der Waals surface area contributed by atoms with Crippen LogP contribution in [0.2, 0.25) is 0 Å². The molecule has 0 aliphatic rings. The quantitative estimate of drug-likeness (QED) is 0.520. The number of carboxylic acids is 1. The molecule has 2 aromatic rings. The van der Waals surface area contributed by atoms with E-state index in [-0.39, 0.29) is 53.7 Å². The van der Waals surface area contributed by atoms with Crippen molar-refractivity contribution in [3.63, 3.8) is 0 Å². The Hall–Kier alpha value is -1.25. The molecule has 0 saturated heterocycles. The van der Waals surface area contributed by atoms with E-state index in [4.69, 9.17) is 4.74 Å². The van der Waals surface area contributed by atoms with E-state index in [1.807, 2.05) is 34.6 Å². The van der Waals surface area contributed by atoms with Gasteiger partial charge in [0.15, 0.2) is 0 Å². The van der Waals surface area contributed by atoms with E-state index >= 15 is 0 Å². The molecule has 2 rings (SSSR count). The summed E-state index contributed by atoms with van der Waals surface area (Å²) in [5, 5.41) is 14.8. The average Bonchev–Trinajstić information content (AvgIpc) is 2.93. The second-order valence-corrected chi connectivity index (χ2v) is 8.25. The molecular formula is C19H23N2NaO4S. The topological polar surface area (TPSA) is 91.3 Å². The van der Waals surface area contributed by atoms with Gasteiger partial charge in [-0.05, 0) is 40.2 Å². The molecule has 1 atom stereocenters. The number of aromatic nitrogens is 1. The molecule has 27 heavy (non-hydrogen) atoms. The van der Waals surface area contributed by atoms with Crippen molar-refractivity contribution in [1.82, 2.24) is 10.3 Å². The van der Waals surface area contributed by atoms with Gasteiger partial charge in [-0.2, -0.15) is 0 Å². The third-order valence-electron chi connectivity index (χ3n) is 3.55. The van der Waals surface area contributed by atoms with Crippen LogP contribution >= 0.6 is 11.3 Å². The number of nitrogens with one attached hydrogen (secondary N) is 1. The van der Waals surface area contributed by atoms with Gasteiger partial charge in [0.1, 0.15) is 10.6 Å². The number of nitrogens with zero attached hydrogens (tertiary/aromatic N) is 1. The standard InChI is InChI=1S/C19H24N2O4S.Na/c1-11(20-10-15(22)25-19(3,4)5)17-21-16(12(2)26-17)13-6-8-14(9-7-13)18(23)24;/h6-9,11,20H,10H2,1-5H3,(H,23,24);/q;+1/p-1/t11-;/m0./s1. The molecule has 1 N–H and O–H groups in total. The molecule has 1 heterocycles. The first-order chi connectivity index (χ1) is 12.1. The third kappa shape index (κ3) is 7.01. The minimum absolute atomic E-state index is 0. The summed E-state index contributed by atoms with van der Waals surface area (Å²) in [5.41, 5.74) is 1.27. The number of aryl methyl sites for hydroxylation is 1. The van der Waals surface area contributed by atoms with Gasteiger partial charge in [0.05, 0.1) is 24.2 Å². The third-order valence-corrected chi connectivity index (χ3v) is 4.70. The molecular weight excluding hydrogens is 375 g/mol. The number of carboxylic acid groups (broad SMARTS) is 1. The second-order valence-electron chi connectivity index (χ2n) is 7.01. The normalized spacial score (nSPS) is 12.2. The summed E-state index contributed by atoms with van der Waals surface area (Å²) in [5.74, 6) is -1.51. The van der Waals surface area contributed by atoms with Gasteiger partial charge in [-0.25, -0.2) is 4.98 Å². The molecule has 0 radical (unpaired) electrons. The SMILES string of the molecule is Cc1sc([C@H](C)NCC(=O)OC(C)(C)C)nc1-c1ccc(C(=O)[O-])cc1.[Na+]. The summed E-state index contributed by atoms with van der Waals surface area (Å²) in [6, 6.07) is 6.34. The van der Waals surface area contributed by atoms with Gasteiger partial charge in [-0.3, -0.25) is 10.1 Å². The number of carbonyl (C=O) groups excluding carboxylic acids is 2. The molecule has 0 aliphatic carbocycles. The Bertz CT molecular complexity index is 797. The molecule has 1 aromatic heterocycles. The summed E-state index contributed by atoms with van der Waals surface area (Å²) in [6.07, 6.45) is 0. The number of thiazole rings is 1. The fourth-order valence-corrected chi connectivity index (χ4v) is 3.31. The van der Waals surface area contributed by atoms with E-state index in [0.717, 1.165) is 21.1 Å². The Kier molecular flexibility index (Phi) is 8.63. The van der Waals surface area contributed by atoms with Crippen LogP contribution < -0.4 is 40.0 Å². The summed E-state index contributed by atoms with van der Waals surface area (Å²) >= 11 is 1.54. The van der Waals surface area contributed by atoms with Crippen LogP contribution in [0.3, 0.4) is 0 Å². The number of carbonyl (C=O) groups is 2. The van der Waals surface area contributed by atoms with Crippen molar-refractivity contribution >= 4 is 23.3 Å². The van der Waals surface area contributed by atoms with Crippen molar-refractivity contribution in [1.29, 1.82) is 0 Å². The summed E-state index contributed by atoms with van der Waals surface area (Å²) in [6.45, 7) is 9.49. The number of aromatic carboxylic acids is 1. The Morgan fingerprint density at radius 1 is 1.26 bits per heavy atom. The maximum atomic E-state index is 11.8. The molecule has 1 aromatic carbocycles. The number of hydrogen-bond donors (Lipinski definition) is 1. The van der Waals surface area contributed by atoms with Crippen LogP contribution in [0.15, 0.2) is 24.3 Å². The van der Waals surface area contributed by atoms with Gasteiger partial charge in [0, 0.05) is 10.4 Å². The molecule has 0 fully saturated rings. The van der Waals surface area contributed by atoms with Gasteiger partial charge in [-0.1, -0.05) is 24.3 Å². The van der Waals surface area contributed by atoms with Crippen LogP contribution in [0, 0.1) is 6.92 Å². The van der Waals surface area contributed by atoms with E-state index in [9.17, 15) is 14.7 Å². The van der Waals surface area contributed by atoms with Crippen LogP contribution in [0.25, 0.3) is 11.3 Å². The monoisotopic (exact) mass is 398 g/mol. The summed E-state index contributed by atoms with van der Waals surface area (Å²) in [7, 11) is 0. The van der Waals surface area contributed by atoms with Gasteiger partial charge in [0.2, 0.25) is 0 Å². The van der Waals surface area contributed by atoms with Gasteiger partial charge < -0.3 is 14.6 Å². The van der Waals surface area contributed by atoms with Crippen molar-refractivity contribution in [3.05, 3.63) is 39.7 Å². The van der Waals surface area contributed by atoms with Crippen LogP contribution in [0.5, 0.6) is 0 Å². The molecule has 140 valence electrons. The predicted octanol–water partition coefficient (Wildman–Crippen LogP) is -0.522. The molecule has 0 bridgehead atoms. The van der Waals surface area contributed by atoms with E-state index < -0.39 is 11.6 Å². The minimum atomic E-state index is -1.20. The fourth-order valence-electron chi connectivity index (χ4n) is 2.34. The Labute approximate surface area is 185 Å². The number of hydrogen-bond acceptors (Lipinski definition) is 7. The smallest absolute Gasteiger partial charge is 0.545 e. The van der Waals surface area contributed by atoms with Crippen LogP contribution in [0.4, 0.5) is 0 Å². The fraction of sp³-hybridized carbons (Fsp3) is 0.421. The van der Waals surface area contributed by atoms with Crippen molar-refractivity contribution in [2.24, 2.45) is 0 Å². The number of rotatable bonds is 6. The molecule has 0 saturated carbocycles. The largest absolute Gasteiger partial charge is 1.00 e. The molecule has 0 spiro atoms. The van der Waals surface area contributed by atoms with E-state index in [0.29, 0.717) is 0 Å². The first-order valence-corrected chi connectivity index (χ1v) is 9.13. The van der Waals surface area contributed by atoms with Crippen molar-refractivity contribution < 1.29 is 49.0 Å². The van der Waals surface area contributed by atoms with Crippen LogP contribution in [-0.4, -0.2) is 29.1 Å². The Balaban J connectivity index is 0.00000364. The second kappa shape index (κ2) is 9.80. The Morgan fingerprint density at radius 3 is 2.37 bits per heavy atom. The van der Waals surface area contributed by atoms with Gasteiger partial charge >= 0.3 is 35.5 Å². The summed E-state index contributed by atoms with van der Waals surface area (Å²) in [4.78, 5) is 28.3. The van der Waals surface area contributed by atoms with E-state index in [1.165, 1.54) is 23.5 Å². The predicted molar refractivity (Wildman–Crippen MR) is 98.9 cm³/mol. The molecule has 8 heteroatoms. The summed E-state index contributed by atoms with van der Waals surface area (Å²) < 4.78 is 5.28. The zero-order chi connectivity index (χ0) is 19.5. The van der Waals surface area contributed by atoms with Crippen molar-refractivity contribution in [2.45, 2.75) is 46.3 Å². The molecule has 0 amide bonds. The first kappa shape index (κ1) is 23.8. The maximum Gasteiger partial charge on any atom is 1.00 e. The zero-order valence-corrected chi connectivity index (χ0v) is 19.4. The minimum Gasteiger partial charge on any atom is -0.545 e. The van der Waals surface area contributed by atoms with E-state index in [2.05, 4.69) is 10.3 Å². The zero-order valence-electron chi connectivity index (χ0n) is 16.6. The first-order valence-electron chi connectivity index (χ1n) is 8.31. The molecule has 0 aliphatic heterocycles. The Morgan fingerprint density at radius 2 is 1.85 bits per heavy atom. The van der Waals surface area contributed by atoms with Crippen LogP contribution in [-0.2, 0) is 9.53 Å². The molecule has 0 unspecified atom stereocenters. The van der Waals surface area contributed by atoms with Gasteiger partial charge in [-0.15, -0.1) is 11.3 Å². The van der Waals surface area contributed by atoms with Crippen molar-refractivity contribution in [2.75, 3.05) is 6.54 Å². The number of esters is 1.